The van der Waals surface area contributed by atoms with E-state index >= 15 is 0 Å². The van der Waals surface area contributed by atoms with Gasteiger partial charge in [-0.25, -0.2) is 0 Å². The van der Waals surface area contributed by atoms with E-state index < -0.39 is 0 Å². The zero-order chi connectivity index (χ0) is 23.5. The van der Waals surface area contributed by atoms with E-state index in [-0.39, 0.29) is 0 Å². The molecule has 6 rings (SSSR count). The Balaban J connectivity index is 1.47. The Kier molecular flexibility index (Phi) is 6.19. The summed E-state index contributed by atoms with van der Waals surface area (Å²) in [5.74, 6) is 0. The molecule has 2 saturated heterocycles. The summed E-state index contributed by atoms with van der Waals surface area (Å²) in [4.78, 5) is 2.67. The van der Waals surface area contributed by atoms with Gasteiger partial charge in [0.05, 0.1) is 0 Å². The smallest absolute Gasteiger partial charge is 0.236 e. The van der Waals surface area contributed by atoms with Crippen LogP contribution >= 0.6 is 0 Å². The van der Waals surface area contributed by atoms with Gasteiger partial charge in [-0.05, 0) is 47.9 Å². The minimum absolute atomic E-state index is 0.384. The van der Waals surface area contributed by atoms with Gasteiger partial charge in [0.1, 0.15) is 24.2 Å². The van der Waals surface area contributed by atoms with Crippen molar-refractivity contribution < 1.29 is 4.58 Å². The van der Waals surface area contributed by atoms with Gasteiger partial charge in [0.15, 0.2) is 0 Å². The van der Waals surface area contributed by atoms with Crippen molar-refractivity contribution in [1.82, 2.24) is 4.90 Å². The van der Waals surface area contributed by atoms with Crippen LogP contribution in [-0.4, -0.2) is 15.8 Å². The van der Waals surface area contributed by atoms with Crippen molar-refractivity contribution in [1.29, 1.82) is 0 Å². The first-order valence-corrected chi connectivity index (χ1v) is 13.0. The number of hydrogen-bond acceptors (Lipinski definition) is 0. The highest BCUT2D eigenvalue weighted by Gasteiger charge is 2.42. The van der Waals surface area contributed by atoms with Gasteiger partial charge in [0, 0.05) is 0 Å². The summed E-state index contributed by atoms with van der Waals surface area (Å²) in [5, 5.41) is 0. The van der Waals surface area contributed by atoms with E-state index in [1.807, 2.05) is 0 Å². The molecule has 2 nitrogen and oxygen atoms in total. The fourth-order valence-corrected chi connectivity index (χ4v) is 6.19. The fraction of sp³-hybridized carbons (Fsp3) is 0.242. The lowest BCUT2D eigenvalue weighted by Crippen LogP contribution is -2.31. The fourth-order valence-electron chi connectivity index (χ4n) is 6.19. The summed E-state index contributed by atoms with van der Waals surface area (Å²) < 4.78 is 2.67. The van der Waals surface area contributed by atoms with Crippen molar-refractivity contribution in [3.05, 3.63) is 144 Å². The number of hydrogen-bond donors (Lipinski definition) is 0. The van der Waals surface area contributed by atoms with E-state index in [1.54, 1.807) is 0 Å². The Morgan fingerprint density at radius 3 is 1.17 bits per heavy atom. The Bertz CT molecular complexity index is 1150. The summed E-state index contributed by atoms with van der Waals surface area (Å²) in [6.07, 6.45) is 7.17. The lowest BCUT2D eigenvalue weighted by molar-refractivity contribution is -0.590. The summed E-state index contributed by atoms with van der Waals surface area (Å²) in [6.45, 7) is 0. The molecule has 0 aromatic heterocycles. The van der Waals surface area contributed by atoms with Crippen molar-refractivity contribution in [3.63, 3.8) is 0 Å². The zero-order valence-electron chi connectivity index (χ0n) is 20.2. The van der Waals surface area contributed by atoms with Crippen LogP contribution < -0.4 is 0 Å². The van der Waals surface area contributed by atoms with Crippen LogP contribution in [0.1, 0.15) is 72.1 Å². The molecule has 2 aliphatic heterocycles. The maximum Gasteiger partial charge on any atom is 0.236 e. The second kappa shape index (κ2) is 9.92. The number of rotatable bonds is 5. The van der Waals surface area contributed by atoms with Crippen LogP contribution in [0.15, 0.2) is 121 Å². The third-order valence-electron chi connectivity index (χ3n) is 7.87. The molecule has 0 saturated carbocycles. The molecule has 0 amide bonds. The lowest BCUT2D eigenvalue weighted by atomic mass is 10.0. The normalized spacial score (nSPS) is 24.0. The van der Waals surface area contributed by atoms with Crippen LogP contribution in [0.25, 0.3) is 0 Å². The van der Waals surface area contributed by atoms with Crippen molar-refractivity contribution in [2.75, 3.05) is 0 Å². The van der Waals surface area contributed by atoms with Gasteiger partial charge in [0.25, 0.3) is 0 Å². The highest BCUT2D eigenvalue weighted by molar-refractivity contribution is 5.54. The second-order valence-corrected chi connectivity index (χ2v) is 9.87. The summed E-state index contributed by atoms with van der Waals surface area (Å²) in [7, 11) is 0. The lowest BCUT2D eigenvalue weighted by Gasteiger charge is -2.26. The molecule has 174 valence electrons. The average molecular weight is 458 g/mol. The van der Waals surface area contributed by atoms with Gasteiger partial charge in [-0.1, -0.05) is 121 Å². The van der Waals surface area contributed by atoms with Crippen molar-refractivity contribution >= 4 is 6.34 Å². The van der Waals surface area contributed by atoms with Gasteiger partial charge in [-0.15, -0.1) is 0 Å². The van der Waals surface area contributed by atoms with Crippen LogP contribution in [0.3, 0.4) is 0 Å². The third-order valence-corrected chi connectivity index (χ3v) is 7.87. The molecular weight excluding hydrogens is 424 g/mol. The van der Waals surface area contributed by atoms with Crippen molar-refractivity contribution in [2.24, 2.45) is 0 Å². The number of nitrogens with zero attached hydrogens (tertiary/aromatic N) is 2. The molecule has 0 unspecified atom stereocenters. The standard InChI is InChI=1S/C33H33N2/c1-5-13-26(14-6-1)30-21-22-31(27-15-7-2-8-16-27)34(30)25-35-32(28-17-9-3-10-18-28)23-24-33(35)29-19-11-4-12-20-29/h1-20,25,30-33H,21-24H2/q+1/t30-,31-,32-,33-/m0/s1. The Morgan fingerprint density at radius 1 is 0.457 bits per heavy atom. The second-order valence-electron chi connectivity index (χ2n) is 9.87. The minimum Gasteiger partial charge on any atom is -0.255 e. The first-order valence-electron chi connectivity index (χ1n) is 13.0. The van der Waals surface area contributed by atoms with Gasteiger partial charge in [-0.2, -0.15) is 0 Å². The van der Waals surface area contributed by atoms with Gasteiger partial charge >= 0.3 is 0 Å². The van der Waals surface area contributed by atoms with Crippen LogP contribution in [-0.2, 0) is 0 Å². The number of likely N-dealkylation sites (tertiary alicyclic amines) is 1. The van der Waals surface area contributed by atoms with E-state index in [0.29, 0.717) is 24.2 Å². The molecule has 0 radical (unpaired) electrons. The van der Waals surface area contributed by atoms with Crippen LogP contribution in [0.4, 0.5) is 0 Å². The van der Waals surface area contributed by atoms with E-state index in [9.17, 15) is 0 Å². The monoisotopic (exact) mass is 457 g/mol. The summed E-state index contributed by atoms with van der Waals surface area (Å²) in [6, 6.07) is 45.8. The van der Waals surface area contributed by atoms with E-state index in [2.05, 4.69) is 137 Å². The quantitative estimate of drug-likeness (QED) is 0.218. The van der Waals surface area contributed by atoms with Crippen LogP contribution in [0.2, 0.25) is 0 Å². The molecule has 4 atom stereocenters. The van der Waals surface area contributed by atoms with E-state index in [4.69, 9.17) is 0 Å². The molecule has 2 heteroatoms. The predicted octanol–water partition coefficient (Wildman–Crippen LogP) is 7.88. The molecule has 2 fully saturated rings. The highest BCUT2D eigenvalue weighted by Crippen LogP contribution is 2.45. The van der Waals surface area contributed by atoms with Crippen LogP contribution in [0, 0.1) is 0 Å². The van der Waals surface area contributed by atoms with E-state index in [1.165, 1.54) is 47.9 Å². The molecule has 4 aromatic rings. The maximum absolute atomic E-state index is 2.67. The Morgan fingerprint density at radius 2 is 0.800 bits per heavy atom. The Labute approximate surface area is 209 Å². The molecule has 0 aliphatic carbocycles. The van der Waals surface area contributed by atoms with Crippen LogP contribution in [0.5, 0.6) is 0 Å². The summed E-state index contributed by atoms with van der Waals surface area (Å²) >= 11 is 0. The van der Waals surface area contributed by atoms with Gasteiger partial charge in [0.2, 0.25) is 6.34 Å². The topological polar surface area (TPSA) is 6.25 Å². The SMILES string of the molecule is C(N1[C@H](c2ccccc2)CC[C@H]1c1ccccc1)=[N+]1[C@H](c2ccccc2)CC[C@H]1c1ccccc1. The molecule has 0 spiro atoms. The van der Waals surface area contributed by atoms with Gasteiger partial charge in [-0.3, -0.25) is 9.48 Å². The zero-order valence-corrected chi connectivity index (χ0v) is 20.2. The largest absolute Gasteiger partial charge is 0.255 e. The molecule has 4 aromatic carbocycles. The first kappa shape index (κ1) is 21.9. The molecule has 0 bridgehead atoms. The molecular formula is C33H33N2+. The molecule has 2 heterocycles. The van der Waals surface area contributed by atoms with Crippen molar-refractivity contribution in [2.45, 2.75) is 49.9 Å². The van der Waals surface area contributed by atoms with E-state index in [0.717, 1.165) is 0 Å². The Hall–Kier alpha value is -3.65. The molecule has 35 heavy (non-hydrogen) atoms. The molecule has 2 aliphatic rings. The van der Waals surface area contributed by atoms with Gasteiger partial charge < -0.3 is 0 Å². The van der Waals surface area contributed by atoms with Crippen molar-refractivity contribution in [3.8, 4) is 0 Å². The maximum atomic E-state index is 2.67. The first-order chi connectivity index (χ1) is 17.4. The number of benzene rings is 4. The average Bonchev–Trinajstić information content (AvgIpc) is 3.55. The summed E-state index contributed by atoms with van der Waals surface area (Å²) in [5.41, 5.74) is 5.64. The highest BCUT2D eigenvalue weighted by atomic mass is 15.3. The third kappa shape index (κ3) is 4.41. The molecule has 0 N–H and O–H groups in total. The minimum atomic E-state index is 0.384. The predicted molar refractivity (Wildman–Crippen MR) is 143 cm³/mol.